The SMILES string of the molecule is CC[C@@]12CCCCCc3ccc4c(c3)[C@@H](NC(=O)c3ccc5c(c3)[C@H](N(C(=O)C1)C(N)=N2)[C@](C)(COC)O5)[C@H](O)C4. The van der Waals surface area contributed by atoms with Crippen LogP contribution in [0.3, 0.4) is 0 Å². The van der Waals surface area contributed by atoms with Crippen molar-refractivity contribution in [2.24, 2.45) is 10.7 Å². The molecular weight excluding hydrogens is 520 g/mol. The highest BCUT2D eigenvalue weighted by Gasteiger charge is 2.53. The Kier molecular flexibility index (Phi) is 7.06. The van der Waals surface area contributed by atoms with Gasteiger partial charge in [-0.05, 0) is 67.5 Å². The molecule has 0 saturated heterocycles. The second-order valence-electron chi connectivity index (χ2n) is 12.3. The number of hydrogen-bond donors (Lipinski definition) is 3. The molecule has 0 saturated carbocycles. The first-order chi connectivity index (χ1) is 19.7. The number of ether oxygens (including phenoxy) is 2. The highest BCUT2D eigenvalue weighted by molar-refractivity contribution is 6.00. The minimum atomic E-state index is -0.941. The highest BCUT2D eigenvalue weighted by atomic mass is 16.5. The molecule has 9 nitrogen and oxygen atoms in total. The summed E-state index contributed by atoms with van der Waals surface area (Å²) in [6.07, 6.45) is 5.44. The van der Waals surface area contributed by atoms with Gasteiger partial charge in [-0.1, -0.05) is 38.0 Å². The van der Waals surface area contributed by atoms with E-state index in [1.54, 1.807) is 30.2 Å². The number of aliphatic hydroxyl groups excluding tert-OH is 1. The first kappa shape index (κ1) is 27.7. The molecule has 4 heterocycles. The van der Waals surface area contributed by atoms with Crippen LogP contribution in [0.1, 0.15) is 97.1 Å². The summed E-state index contributed by atoms with van der Waals surface area (Å²) < 4.78 is 11.9. The monoisotopic (exact) mass is 560 g/mol. The predicted octanol–water partition coefficient (Wildman–Crippen LogP) is 3.73. The van der Waals surface area contributed by atoms with E-state index in [-0.39, 0.29) is 30.8 Å². The quantitative estimate of drug-likeness (QED) is 0.525. The lowest BCUT2D eigenvalue weighted by Crippen LogP contribution is -2.58. The van der Waals surface area contributed by atoms with Gasteiger partial charge in [0.1, 0.15) is 11.8 Å². The number of fused-ring (bicyclic) bond motifs is 6. The molecule has 2 aromatic rings. The summed E-state index contributed by atoms with van der Waals surface area (Å²) in [5, 5.41) is 14.0. The van der Waals surface area contributed by atoms with Crippen LogP contribution in [0.25, 0.3) is 0 Å². The molecule has 7 rings (SSSR count). The fraction of sp³-hybridized carbons (Fsp3) is 0.531. The summed E-state index contributed by atoms with van der Waals surface area (Å²) in [5.41, 5.74) is 9.50. The van der Waals surface area contributed by atoms with Crippen LogP contribution in [-0.4, -0.2) is 58.7 Å². The van der Waals surface area contributed by atoms with Crippen molar-refractivity contribution in [2.45, 2.75) is 94.5 Å². The number of nitrogens with two attached hydrogens (primary N) is 1. The van der Waals surface area contributed by atoms with Crippen LogP contribution in [-0.2, 0) is 22.4 Å². The maximum Gasteiger partial charge on any atom is 0.251 e. The van der Waals surface area contributed by atoms with Crippen molar-refractivity contribution in [3.8, 4) is 5.75 Å². The van der Waals surface area contributed by atoms with Gasteiger partial charge in [-0.2, -0.15) is 0 Å². The van der Waals surface area contributed by atoms with Crippen LogP contribution in [0, 0.1) is 0 Å². The van der Waals surface area contributed by atoms with E-state index in [0.717, 1.165) is 49.7 Å². The van der Waals surface area contributed by atoms with Gasteiger partial charge >= 0.3 is 0 Å². The minimum absolute atomic E-state index is 0.103. The third-order valence-electron chi connectivity index (χ3n) is 9.44. The number of nitrogens with one attached hydrogen (secondary N) is 1. The number of carbonyl (C=O) groups excluding carboxylic acids is 2. The third kappa shape index (κ3) is 4.78. The van der Waals surface area contributed by atoms with Gasteiger partial charge in [0.05, 0.1) is 30.7 Å². The maximum absolute atomic E-state index is 13.9. The fourth-order valence-electron chi connectivity index (χ4n) is 7.26. The Morgan fingerprint density at radius 2 is 2.00 bits per heavy atom. The number of benzene rings is 2. The van der Waals surface area contributed by atoms with Gasteiger partial charge in [0.2, 0.25) is 5.91 Å². The van der Waals surface area contributed by atoms with Gasteiger partial charge in [-0.25, -0.2) is 4.99 Å². The Hall–Kier alpha value is -3.43. The van der Waals surface area contributed by atoms with Gasteiger partial charge in [-0.15, -0.1) is 0 Å². The van der Waals surface area contributed by atoms with E-state index in [4.69, 9.17) is 20.2 Å². The van der Waals surface area contributed by atoms with Crippen molar-refractivity contribution in [3.05, 3.63) is 64.2 Å². The zero-order valence-corrected chi connectivity index (χ0v) is 24.1. The van der Waals surface area contributed by atoms with Gasteiger partial charge in [-0.3, -0.25) is 14.5 Å². The standard InChI is InChI=1S/C32H40N4O5/c1-4-32-13-7-5-6-8-19-9-10-20-16-24(37)27(22(20)14-19)34-29(39)21-11-12-25-23(15-21)28(31(2,41-25)18-40-3)36(26(38)17-32)30(33)35-32/h9-12,14-15,24,27-28,37H,4-8,13,16-18H2,1-3H3,(H2,33,35)(H,34,39)/t24-,27-,28+,31+,32-/m1/s1. The molecule has 41 heavy (non-hydrogen) atoms. The molecule has 0 radical (unpaired) electrons. The highest BCUT2D eigenvalue weighted by Crippen LogP contribution is 2.49. The van der Waals surface area contributed by atoms with Crippen molar-refractivity contribution in [1.29, 1.82) is 0 Å². The van der Waals surface area contributed by atoms with Crippen molar-refractivity contribution in [3.63, 3.8) is 0 Å². The zero-order valence-electron chi connectivity index (χ0n) is 24.1. The Morgan fingerprint density at radius 1 is 1.17 bits per heavy atom. The van der Waals surface area contributed by atoms with Gasteiger partial charge in [0.15, 0.2) is 11.6 Å². The van der Waals surface area contributed by atoms with Crippen molar-refractivity contribution < 1.29 is 24.2 Å². The van der Waals surface area contributed by atoms with Gasteiger partial charge < -0.3 is 25.6 Å². The number of guanidine groups is 1. The molecule has 0 spiro atoms. The van der Waals surface area contributed by atoms with E-state index < -0.39 is 29.3 Å². The Labute approximate surface area is 241 Å². The second-order valence-corrected chi connectivity index (χ2v) is 12.3. The van der Waals surface area contributed by atoms with Crippen LogP contribution in [0.2, 0.25) is 0 Å². The molecule has 0 unspecified atom stereocenters. The lowest BCUT2D eigenvalue weighted by molar-refractivity contribution is -0.136. The molecular formula is C32H40N4O5. The van der Waals surface area contributed by atoms with Crippen LogP contribution in [0.15, 0.2) is 41.4 Å². The lowest BCUT2D eigenvalue weighted by atomic mass is 9.83. The largest absolute Gasteiger partial charge is 0.482 e. The third-order valence-corrected chi connectivity index (χ3v) is 9.44. The topological polar surface area (TPSA) is 126 Å². The number of carbonyl (C=O) groups is 2. The molecule has 0 fully saturated rings. The summed E-state index contributed by atoms with van der Waals surface area (Å²) in [6, 6.07) is 10.5. The predicted molar refractivity (Wildman–Crippen MR) is 155 cm³/mol. The van der Waals surface area contributed by atoms with E-state index in [9.17, 15) is 14.7 Å². The lowest BCUT2D eigenvalue weighted by Gasteiger charge is -2.43. The minimum Gasteiger partial charge on any atom is -0.482 e. The first-order valence-corrected chi connectivity index (χ1v) is 14.8. The van der Waals surface area contributed by atoms with E-state index in [1.807, 2.05) is 6.92 Å². The molecule has 0 aromatic heterocycles. The van der Waals surface area contributed by atoms with Crippen molar-refractivity contribution >= 4 is 17.8 Å². The molecule has 1 aliphatic carbocycles. The van der Waals surface area contributed by atoms with Crippen LogP contribution >= 0.6 is 0 Å². The number of methoxy groups -OCH3 is 1. The molecule has 4 N–H and O–H groups in total. The van der Waals surface area contributed by atoms with Crippen molar-refractivity contribution in [2.75, 3.05) is 13.7 Å². The van der Waals surface area contributed by atoms with Crippen LogP contribution in [0.4, 0.5) is 0 Å². The Balaban J connectivity index is 1.45. The summed E-state index contributed by atoms with van der Waals surface area (Å²) in [7, 11) is 1.59. The number of hydrogen-bond acceptors (Lipinski definition) is 7. The maximum atomic E-state index is 13.9. The number of aliphatic hydroxyl groups is 1. The summed E-state index contributed by atoms with van der Waals surface area (Å²) in [6.45, 7) is 4.16. The number of aryl methyl sites for hydroxylation is 1. The molecule has 2 aromatic carbocycles. The normalized spacial score (nSPS) is 31.2. The molecule has 5 aliphatic rings. The summed E-state index contributed by atoms with van der Waals surface area (Å²) >= 11 is 0. The molecule has 9 heteroatoms. The van der Waals surface area contributed by atoms with Gasteiger partial charge in [0, 0.05) is 24.7 Å². The average molecular weight is 561 g/mol. The first-order valence-electron chi connectivity index (χ1n) is 14.8. The van der Waals surface area contributed by atoms with E-state index >= 15 is 0 Å². The Morgan fingerprint density at radius 3 is 2.76 bits per heavy atom. The molecule has 4 aliphatic heterocycles. The molecule has 5 atom stereocenters. The number of amides is 2. The number of rotatable bonds is 3. The summed E-state index contributed by atoms with van der Waals surface area (Å²) in [5.74, 6) is 0.343. The zero-order chi connectivity index (χ0) is 28.9. The number of nitrogens with zero attached hydrogens (tertiary/aromatic N) is 2. The van der Waals surface area contributed by atoms with Crippen LogP contribution in [0.5, 0.6) is 5.75 Å². The van der Waals surface area contributed by atoms with E-state index in [1.165, 1.54) is 5.56 Å². The second kappa shape index (κ2) is 10.4. The molecule has 2 amide bonds. The molecule has 218 valence electrons. The average Bonchev–Trinajstić information content (AvgIpc) is 3.39. The summed E-state index contributed by atoms with van der Waals surface area (Å²) in [4.78, 5) is 34.1. The van der Waals surface area contributed by atoms with E-state index in [2.05, 4.69) is 30.4 Å². The van der Waals surface area contributed by atoms with Crippen LogP contribution < -0.4 is 15.8 Å². The molecule has 6 bridgehead atoms. The van der Waals surface area contributed by atoms with Crippen molar-refractivity contribution in [1.82, 2.24) is 10.2 Å². The smallest absolute Gasteiger partial charge is 0.251 e. The Bertz CT molecular complexity index is 1410. The van der Waals surface area contributed by atoms with Gasteiger partial charge in [0.25, 0.3) is 5.91 Å². The number of aliphatic imine (C=N–C) groups is 1. The van der Waals surface area contributed by atoms with E-state index in [0.29, 0.717) is 23.3 Å². The fourth-order valence-corrected chi connectivity index (χ4v) is 7.26.